The topological polar surface area (TPSA) is 95.5 Å². The molecule has 0 spiro atoms. The molecule has 0 aliphatic carbocycles. The quantitative estimate of drug-likeness (QED) is 0.344. The third kappa shape index (κ3) is 1.85. The Morgan fingerprint density at radius 1 is 1.60 bits per heavy atom. The van der Waals surface area contributed by atoms with Crippen molar-refractivity contribution >= 4 is 17.3 Å². The Morgan fingerprint density at radius 2 is 2.20 bits per heavy atom. The summed E-state index contributed by atoms with van der Waals surface area (Å²) in [6, 6.07) is 1.88. The molecule has 0 heterocycles. The number of carbonyl (C=O) groups is 1. The van der Waals surface area contributed by atoms with Crippen molar-refractivity contribution < 1.29 is 18.8 Å². The van der Waals surface area contributed by atoms with Gasteiger partial charge in [-0.3, -0.25) is 10.1 Å². The van der Waals surface area contributed by atoms with Crippen LogP contribution in [0.3, 0.4) is 0 Å². The van der Waals surface area contributed by atoms with Crippen molar-refractivity contribution in [1.29, 1.82) is 0 Å². The fourth-order valence-corrected chi connectivity index (χ4v) is 1.08. The standard InChI is InChI=1S/C8H7FN2O4/c1-15-8(12)6-4(9)2-3-5(10)7(6)11(13)14/h2-3H,10H2,1H3. The molecule has 0 unspecified atom stereocenters. The molecular formula is C8H7FN2O4. The van der Waals surface area contributed by atoms with Gasteiger partial charge in [-0.25, -0.2) is 9.18 Å². The van der Waals surface area contributed by atoms with E-state index in [4.69, 9.17) is 5.73 Å². The Balaban J connectivity index is 3.52. The number of esters is 1. The summed E-state index contributed by atoms with van der Waals surface area (Å²) in [6.45, 7) is 0. The van der Waals surface area contributed by atoms with Crippen molar-refractivity contribution in [3.8, 4) is 0 Å². The molecule has 1 aromatic rings. The summed E-state index contributed by atoms with van der Waals surface area (Å²) in [5, 5.41) is 10.6. The van der Waals surface area contributed by atoms with Crippen molar-refractivity contribution in [2.24, 2.45) is 0 Å². The largest absolute Gasteiger partial charge is 0.465 e. The maximum absolute atomic E-state index is 13.2. The third-order valence-electron chi connectivity index (χ3n) is 1.73. The number of hydrogen-bond donors (Lipinski definition) is 1. The number of methoxy groups -OCH3 is 1. The van der Waals surface area contributed by atoms with Crippen molar-refractivity contribution in [3.05, 3.63) is 33.6 Å². The molecule has 0 bridgehead atoms. The Hall–Kier alpha value is -2.18. The first-order valence-corrected chi connectivity index (χ1v) is 3.79. The van der Waals surface area contributed by atoms with Crippen LogP contribution in [0.15, 0.2) is 12.1 Å². The molecule has 2 N–H and O–H groups in total. The molecule has 0 amide bonds. The first-order valence-electron chi connectivity index (χ1n) is 3.79. The maximum Gasteiger partial charge on any atom is 0.348 e. The van der Waals surface area contributed by atoms with Gasteiger partial charge >= 0.3 is 11.7 Å². The van der Waals surface area contributed by atoms with E-state index in [1.807, 2.05) is 0 Å². The number of nitrogen functional groups attached to an aromatic ring is 1. The highest BCUT2D eigenvalue weighted by Crippen LogP contribution is 2.28. The van der Waals surface area contributed by atoms with Crippen molar-refractivity contribution in [2.45, 2.75) is 0 Å². The Kier molecular flexibility index (Phi) is 2.84. The van der Waals surface area contributed by atoms with E-state index in [1.54, 1.807) is 0 Å². The number of anilines is 1. The number of hydrogen-bond acceptors (Lipinski definition) is 5. The van der Waals surface area contributed by atoms with Gasteiger partial charge in [0.25, 0.3) is 0 Å². The first-order chi connectivity index (χ1) is 6.99. The Bertz CT molecular complexity index is 433. The summed E-state index contributed by atoms with van der Waals surface area (Å²) in [6.07, 6.45) is 0. The normalized spacial score (nSPS) is 9.73. The summed E-state index contributed by atoms with van der Waals surface area (Å²) < 4.78 is 17.4. The van der Waals surface area contributed by atoms with Gasteiger partial charge in [0, 0.05) is 0 Å². The van der Waals surface area contributed by atoms with Crippen molar-refractivity contribution in [3.63, 3.8) is 0 Å². The lowest BCUT2D eigenvalue weighted by atomic mass is 10.1. The van der Waals surface area contributed by atoms with Gasteiger partial charge < -0.3 is 10.5 Å². The molecule has 0 atom stereocenters. The average molecular weight is 214 g/mol. The molecule has 0 aromatic heterocycles. The van der Waals surface area contributed by atoms with Crippen molar-refractivity contribution in [1.82, 2.24) is 0 Å². The van der Waals surface area contributed by atoms with E-state index in [9.17, 15) is 19.3 Å². The lowest BCUT2D eigenvalue weighted by Crippen LogP contribution is -2.10. The van der Waals surface area contributed by atoms with E-state index in [0.29, 0.717) is 0 Å². The van der Waals surface area contributed by atoms with Gasteiger partial charge in [-0.1, -0.05) is 0 Å². The zero-order chi connectivity index (χ0) is 11.6. The number of rotatable bonds is 2. The highest BCUT2D eigenvalue weighted by atomic mass is 19.1. The molecule has 0 saturated heterocycles. The first kappa shape index (κ1) is 10.9. The van der Waals surface area contributed by atoms with E-state index >= 15 is 0 Å². The number of halogens is 1. The summed E-state index contributed by atoms with van der Waals surface area (Å²) in [7, 11) is 0.995. The molecule has 1 aromatic carbocycles. The van der Waals surface area contributed by atoms with Crippen LogP contribution in [-0.2, 0) is 4.74 Å². The van der Waals surface area contributed by atoms with Gasteiger partial charge in [0.15, 0.2) is 5.56 Å². The van der Waals surface area contributed by atoms with Gasteiger partial charge in [-0.05, 0) is 12.1 Å². The predicted molar refractivity (Wildman–Crippen MR) is 48.8 cm³/mol. The number of ether oxygens (including phenoxy) is 1. The second-order valence-corrected chi connectivity index (χ2v) is 2.61. The van der Waals surface area contributed by atoms with Crippen LogP contribution in [0.2, 0.25) is 0 Å². The molecule has 0 fully saturated rings. The molecule has 7 heteroatoms. The zero-order valence-electron chi connectivity index (χ0n) is 7.69. The molecular weight excluding hydrogens is 207 g/mol. The van der Waals surface area contributed by atoms with Crippen molar-refractivity contribution in [2.75, 3.05) is 12.8 Å². The van der Waals surface area contributed by atoms with Crippen LogP contribution in [0.25, 0.3) is 0 Å². The van der Waals surface area contributed by atoms with Gasteiger partial charge in [-0.15, -0.1) is 0 Å². The second kappa shape index (κ2) is 3.91. The Labute approximate surface area is 83.6 Å². The minimum absolute atomic E-state index is 0.290. The van der Waals surface area contributed by atoms with Crippen LogP contribution in [0.1, 0.15) is 10.4 Å². The van der Waals surface area contributed by atoms with Crippen LogP contribution in [0, 0.1) is 15.9 Å². The molecule has 0 radical (unpaired) electrons. The monoisotopic (exact) mass is 214 g/mol. The third-order valence-corrected chi connectivity index (χ3v) is 1.73. The second-order valence-electron chi connectivity index (χ2n) is 2.61. The minimum Gasteiger partial charge on any atom is -0.465 e. The fraction of sp³-hybridized carbons (Fsp3) is 0.125. The minimum atomic E-state index is -1.13. The molecule has 0 saturated carbocycles. The summed E-state index contributed by atoms with van der Waals surface area (Å²) >= 11 is 0. The summed E-state index contributed by atoms with van der Waals surface area (Å²) in [5.41, 5.74) is 3.44. The van der Waals surface area contributed by atoms with Gasteiger partial charge in [0.1, 0.15) is 11.5 Å². The number of nitro benzene ring substituents is 1. The van der Waals surface area contributed by atoms with Crippen LogP contribution < -0.4 is 5.73 Å². The molecule has 0 aliphatic heterocycles. The van der Waals surface area contributed by atoms with E-state index < -0.39 is 28.0 Å². The molecule has 80 valence electrons. The van der Waals surface area contributed by atoms with Crippen LogP contribution in [-0.4, -0.2) is 18.0 Å². The lowest BCUT2D eigenvalue weighted by Gasteiger charge is -2.04. The molecule has 15 heavy (non-hydrogen) atoms. The Morgan fingerprint density at radius 3 is 2.67 bits per heavy atom. The van der Waals surface area contributed by atoms with Gasteiger partial charge in [-0.2, -0.15) is 0 Å². The summed E-state index contributed by atoms with van der Waals surface area (Å²) in [4.78, 5) is 20.7. The maximum atomic E-state index is 13.2. The fourth-order valence-electron chi connectivity index (χ4n) is 1.08. The highest BCUT2D eigenvalue weighted by molar-refractivity contribution is 5.96. The smallest absolute Gasteiger partial charge is 0.348 e. The molecule has 0 aliphatic rings. The highest BCUT2D eigenvalue weighted by Gasteiger charge is 2.28. The SMILES string of the molecule is COC(=O)c1c(F)ccc(N)c1[N+](=O)[O-]. The van der Waals surface area contributed by atoms with Crippen LogP contribution >= 0.6 is 0 Å². The van der Waals surface area contributed by atoms with E-state index in [1.165, 1.54) is 0 Å². The van der Waals surface area contributed by atoms with Crippen LogP contribution in [0.5, 0.6) is 0 Å². The summed E-state index contributed by atoms with van der Waals surface area (Å²) in [5.74, 6) is -2.17. The predicted octanol–water partition coefficient (Wildman–Crippen LogP) is 1.10. The molecule has 1 rings (SSSR count). The van der Waals surface area contributed by atoms with Gasteiger partial charge in [0.05, 0.1) is 12.0 Å². The van der Waals surface area contributed by atoms with Crippen LogP contribution in [0.4, 0.5) is 15.8 Å². The van der Waals surface area contributed by atoms with Gasteiger partial charge in [0.2, 0.25) is 0 Å². The number of nitro groups is 1. The number of nitrogens with two attached hydrogens (primary N) is 1. The number of carbonyl (C=O) groups excluding carboxylic acids is 1. The van der Waals surface area contributed by atoms with E-state index in [-0.39, 0.29) is 5.69 Å². The zero-order valence-corrected chi connectivity index (χ0v) is 7.69. The van der Waals surface area contributed by atoms with E-state index in [2.05, 4.69) is 4.74 Å². The van der Waals surface area contributed by atoms with E-state index in [0.717, 1.165) is 19.2 Å². The molecule has 6 nitrogen and oxygen atoms in total. The number of benzene rings is 1. The average Bonchev–Trinajstić information content (AvgIpc) is 2.19. The number of nitrogens with zero attached hydrogens (tertiary/aromatic N) is 1. The lowest BCUT2D eigenvalue weighted by molar-refractivity contribution is -0.384.